The highest BCUT2D eigenvalue weighted by Crippen LogP contribution is 2.24. The summed E-state index contributed by atoms with van der Waals surface area (Å²) < 4.78 is 0. The Kier molecular flexibility index (Phi) is 5.67. The Morgan fingerprint density at radius 3 is 2.21 bits per heavy atom. The number of piperidine rings is 1. The zero-order valence-electron chi connectivity index (χ0n) is 16.5. The molecule has 0 aromatic heterocycles. The quantitative estimate of drug-likeness (QED) is 0.618. The van der Waals surface area contributed by atoms with Crippen LogP contribution in [0.4, 0.5) is 16.2 Å². The van der Waals surface area contributed by atoms with Crippen molar-refractivity contribution in [3.63, 3.8) is 0 Å². The van der Waals surface area contributed by atoms with E-state index in [-0.39, 0.29) is 0 Å². The molecule has 3 rings (SSSR count). The molecule has 150 valence electrons. The van der Waals surface area contributed by atoms with Crippen LogP contribution in [0.25, 0.3) is 0 Å². The maximum atomic E-state index is 12.3. The number of amides is 5. The zero-order chi connectivity index (χ0) is 20.4. The van der Waals surface area contributed by atoms with Crippen molar-refractivity contribution in [3.8, 4) is 0 Å². The number of nitrogens with one attached hydrogen (secondary N) is 1. The Balaban J connectivity index is 1.58. The van der Waals surface area contributed by atoms with Crippen LogP contribution >= 0.6 is 0 Å². The SMILES string of the molecule is CC1CCN(c2ccc(NC(=O)CN3C(=O)C(=O)N(C(C)C)C3=O)cc2)CC1. The number of hydrogen-bond donors (Lipinski definition) is 1. The molecule has 2 saturated heterocycles. The number of rotatable bonds is 5. The van der Waals surface area contributed by atoms with Crippen LogP contribution in [-0.2, 0) is 14.4 Å². The zero-order valence-corrected chi connectivity index (χ0v) is 16.5. The lowest BCUT2D eigenvalue weighted by atomic mass is 9.99. The fraction of sp³-hybridized carbons (Fsp3) is 0.500. The van der Waals surface area contributed by atoms with Crippen LogP contribution < -0.4 is 10.2 Å². The molecule has 0 atom stereocenters. The standard InChI is InChI=1S/C20H26N4O4/c1-13(2)24-19(27)18(26)23(20(24)28)12-17(25)21-15-4-6-16(7-5-15)22-10-8-14(3)9-11-22/h4-7,13-14H,8-12H2,1-3H3,(H,21,25). The Labute approximate surface area is 164 Å². The summed E-state index contributed by atoms with van der Waals surface area (Å²) in [4.78, 5) is 52.2. The number of benzene rings is 1. The van der Waals surface area contributed by atoms with Crippen LogP contribution in [0.1, 0.15) is 33.6 Å². The van der Waals surface area contributed by atoms with Crippen molar-refractivity contribution < 1.29 is 19.2 Å². The first-order valence-electron chi connectivity index (χ1n) is 9.61. The van der Waals surface area contributed by atoms with E-state index in [4.69, 9.17) is 0 Å². The molecule has 8 heteroatoms. The fourth-order valence-corrected chi connectivity index (χ4v) is 3.48. The number of carbonyl (C=O) groups is 4. The van der Waals surface area contributed by atoms with Gasteiger partial charge in [0.15, 0.2) is 0 Å². The summed E-state index contributed by atoms with van der Waals surface area (Å²) in [5.41, 5.74) is 1.68. The summed E-state index contributed by atoms with van der Waals surface area (Å²) >= 11 is 0. The third-order valence-electron chi connectivity index (χ3n) is 5.20. The second-order valence-electron chi connectivity index (χ2n) is 7.71. The molecule has 1 aromatic carbocycles. The van der Waals surface area contributed by atoms with Gasteiger partial charge in [0.2, 0.25) is 5.91 Å². The van der Waals surface area contributed by atoms with Gasteiger partial charge in [0.25, 0.3) is 0 Å². The number of urea groups is 1. The monoisotopic (exact) mass is 386 g/mol. The van der Waals surface area contributed by atoms with Gasteiger partial charge in [-0.1, -0.05) is 6.92 Å². The normalized spacial score (nSPS) is 18.4. The summed E-state index contributed by atoms with van der Waals surface area (Å²) in [6.07, 6.45) is 2.34. The maximum Gasteiger partial charge on any atom is 0.334 e. The van der Waals surface area contributed by atoms with Crippen molar-refractivity contribution in [3.05, 3.63) is 24.3 Å². The van der Waals surface area contributed by atoms with Crippen LogP contribution in [0, 0.1) is 5.92 Å². The van der Waals surface area contributed by atoms with Gasteiger partial charge in [-0.25, -0.2) is 9.69 Å². The van der Waals surface area contributed by atoms with E-state index in [1.54, 1.807) is 26.0 Å². The highest BCUT2D eigenvalue weighted by atomic mass is 16.2. The number of anilines is 2. The molecule has 0 unspecified atom stereocenters. The fourth-order valence-electron chi connectivity index (χ4n) is 3.48. The molecule has 0 aliphatic carbocycles. The van der Waals surface area contributed by atoms with E-state index in [0.29, 0.717) is 10.6 Å². The number of hydrogen-bond acceptors (Lipinski definition) is 5. The van der Waals surface area contributed by atoms with Crippen LogP contribution in [-0.4, -0.2) is 59.2 Å². The molecule has 0 saturated carbocycles. The second kappa shape index (κ2) is 8.00. The predicted octanol–water partition coefficient (Wildman–Crippen LogP) is 2.06. The molecule has 0 bridgehead atoms. The van der Waals surface area contributed by atoms with E-state index in [2.05, 4.69) is 17.1 Å². The van der Waals surface area contributed by atoms with Gasteiger partial charge in [-0.3, -0.25) is 19.3 Å². The lowest BCUT2D eigenvalue weighted by molar-refractivity contribution is -0.144. The van der Waals surface area contributed by atoms with Crippen LogP contribution in [0.15, 0.2) is 24.3 Å². The van der Waals surface area contributed by atoms with Gasteiger partial charge >= 0.3 is 17.8 Å². The van der Waals surface area contributed by atoms with Gasteiger partial charge in [-0.05, 0) is 56.9 Å². The van der Waals surface area contributed by atoms with E-state index in [1.165, 1.54) is 12.8 Å². The molecule has 0 radical (unpaired) electrons. The molecule has 2 aliphatic rings. The van der Waals surface area contributed by atoms with Crippen molar-refractivity contribution in [2.24, 2.45) is 5.92 Å². The van der Waals surface area contributed by atoms with E-state index in [9.17, 15) is 19.2 Å². The average Bonchev–Trinajstić information content (AvgIpc) is 2.86. The first-order valence-corrected chi connectivity index (χ1v) is 9.61. The van der Waals surface area contributed by atoms with Crippen LogP contribution in [0.2, 0.25) is 0 Å². The smallest absolute Gasteiger partial charge is 0.334 e. The molecule has 0 spiro atoms. The van der Waals surface area contributed by atoms with Gasteiger partial charge in [0, 0.05) is 30.5 Å². The highest BCUT2D eigenvalue weighted by Gasteiger charge is 2.46. The first-order chi connectivity index (χ1) is 13.3. The van der Waals surface area contributed by atoms with Gasteiger partial charge in [-0.2, -0.15) is 0 Å². The summed E-state index contributed by atoms with van der Waals surface area (Å²) in [5.74, 6) is -1.64. The summed E-state index contributed by atoms with van der Waals surface area (Å²) in [6.45, 7) is 7.09. The molecule has 2 aliphatic heterocycles. The third kappa shape index (κ3) is 4.00. The van der Waals surface area contributed by atoms with Gasteiger partial charge in [-0.15, -0.1) is 0 Å². The molecular formula is C20H26N4O4. The molecule has 2 fully saturated rings. The minimum absolute atomic E-state index is 0.442. The lowest BCUT2D eigenvalue weighted by Crippen LogP contribution is -2.40. The average molecular weight is 386 g/mol. The first kappa shape index (κ1) is 19.9. The van der Waals surface area contributed by atoms with Gasteiger partial charge < -0.3 is 10.2 Å². The number of imide groups is 2. The van der Waals surface area contributed by atoms with Gasteiger partial charge in [0.1, 0.15) is 6.54 Å². The van der Waals surface area contributed by atoms with Crippen molar-refractivity contribution in [1.82, 2.24) is 9.80 Å². The predicted molar refractivity (Wildman–Crippen MR) is 105 cm³/mol. The highest BCUT2D eigenvalue weighted by molar-refractivity contribution is 6.45. The van der Waals surface area contributed by atoms with Crippen LogP contribution in [0.3, 0.4) is 0 Å². The summed E-state index contributed by atoms with van der Waals surface area (Å²) in [7, 11) is 0. The van der Waals surface area contributed by atoms with Crippen LogP contribution in [0.5, 0.6) is 0 Å². The molecule has 28 heavy (non-hydrogen) atoms. The lowest BCUT2D eigenvalue weighted by Gasteiger charge is -2.32. The molecular weight excluding hydrogens is 360 g/mol. The Morgan fingerprint density at radius 1 is 1.07 bits per heavy atom. The Hall–Kier alpha value is -2.90. The van der Waals surface area contributed by atoms with E-state index in [0.717, 1.165) is 29.6 Å². The van der Waals surface area contributed by atoms with Gasteiger partial charge in [0.05, 0.1) is 0 Å². The largest absolute Gasteiger partial charge is 0.372 e. The Bertz CT molecular complexity index is 782. The third-order valence-corrected chi connectivity index (χ3v) is 5.20. The molecule has 2 heterocycles. The number of nitrogens with zero attached hydrogens (tertiary/aromatic N) is 3. The number of carbonyl (C=O) groups excluding carboxylic acids is 4. The van der Waals surface area contributed by atoms with E-state index < -0.39 is 36.3 Å². The minimum Gasteiger partial charge on any atom is -0.372 e. The van der Waals surface area contributed by atoms with Crippen molar-refractivity contribution in [1.29, 1.82) is 0 Å². The van der Waals surface area contributed by atoms with E-state index in [1.807, 2.05) is 12.1 Å². The molecule has 8 nitrogen and oxygen atoms in total. The molecule has 1 aromatic rings. The second-order valence-corrected chi connectivity index (χ2v) is 7.71. The maximum absolute atomic E-state index is 12.3. The topological polar surface area (TPSA) is 90.0 Å². The minimum atomic E-state index is -0.969. The summed E-state index contributed by atoms with van der Waals surface area (Å²) in [5, 5.41) is 2.67. The van der Waals surface area contributed by atoms with E-state index >= 15 is 0 Å². The Morgan fingerprint density at radius 2 is 1.68 bits per heavy atom. The van der Waals surface area contributed by atoms with Crippen molar-refractivity contribution in [2.75, 3.05) is 29.9 Å². The molecule has 1 N–H and O–H groups in total. The van der Waals surface area contributed by atoms with Crippen molar-refractivity contribution >= 4 is 35.1 Å². The summed E-state index contributed by atoms with van der Waals surface area (Å²) in [6, 6.07) is 6.29. The molecule has 5 amide bonds. The van der Waals surface area contributed by atoms with Crippen molar-refractivity contribution in [2.45, 2.75) is 39.7 Å².